The number of benzene rings is 3. The molecule has 0 spiro atoms. The predicted molar refractivity (Wildman–Crippen MR) is 108 cm³/mol. The van der Waals surface area contributed by atoms with Gasteiger partial charge in [0.2, 0.25) is 0 Å². The van der Waals surface area contributed by atoms with Crippen molar-refractivity contribution in [3.63, 3.8) is 0 Å². The average molecular weight is 356 g/mol. The minimum Gasteiger partial charge on any atom is -0.395 e. The molecule has 3 aromatic carbocycles. The van der Waals surface area contributed by atoms with Gasteiger partial charge in [0, 0.05) is 19.1 Å². The zero-order chi connectivity index (χ0) is 18.9. The Morgan fingerprint density at radius 1 is 0.778 bits per heavy atom. The van der Waals surface area contributed by atoms with Crippen LogP contribution in [0.3, 0.4) is 0 Å². The quantitative estimate of drug-likeness (QED) is 0.659. The average Bonchev–Trinajstić information content (AvgIpc) is 2.73. The molecule has 3 nitrogen and oxygen atoms in total. The van der Waals surface area contributed by atoms with Gasteiger partial charge in [0.15, 0.2) is 0 Å². The van der Waals surface area contributed by atoms with Crippen LogP contribution in [0.2, 0.25) is 0 Å². The lowest BCUT2D eigenvalue weighted by Crippen LogP contribution is -2.38. The molecular weight excluding hydrogens is 332 g/mol. The first-order valence-corrected chi connectivity index (χ1v) is 9.20. The Hall–Kier alpha value is -2.93. The summed E-state index contributed by atoms with van der Waals surface area (Å²) in [6, 6.07) is 30.5. The molecule has 0 radical (unpaired) electrons. The second kappa shape index (κ2) is 9.68. The predicted octanol–water partition coefficient (Wildman–Crippen LogP) is 4.16. The van der Waals surface area contributed by atoms with E-state index in [2.05, 4.69) is 35.2 Å². The van der Waals surface area contributed by atoms with Crippen molar-refractivity contribution >= 4 is 0 Å². The summed E-state index contributed by atoms with van der Waals surface area (Å²) in [7, 11) is 0. The smallest absolute Gasteiger partial charge is 0.0991 e. The van der Waals surface area contributed by atoms with E-state index >= 15 is 0 Å². The molecular formula is C24H24N2O. The van der Waals surface area contributed by atoms with Crippen LogP contribution in [-0.2, 0) is 19.5 Å². The first kappa shape index (κ1) is 18.8. The lowest BCUT2D eigenvalue weighted by Gasteiger charge is -2.31. The normalized spacial score (nSPS) is 11.9. The molecule has 0 bridgehead atoms. The number of rotatable bonds is 8. The largest absolute Gasteiger partial charge is 0.395 e. The van der Waals surface area contributed by atoms with Crippen molar-refractivity contribution in [3.05, 3.63) is 107 Å². The summed E-state index contributed by atoms with van der Waals surface area (Å²) in [6.45, 7) is 1.59. The number of nitriles is 1. The SMILES string of the molecule is N#Cc1cccc(C[C@@H](CO)N(Cc2ccccc2)Cc2ccccc2)c1. The molecule has 3 aromatic rings. The molecule has 0 saturated carbocycles. The van der Waals surface area contributed by atoms with Gasteiger partial charge in [-0.05, 0) is 35.2 Å². The van der Waals surface area contributed by atoms with Crippen LogP contribution in [0.5, 0.6) is 0 Å². The molecule has 0 aliphatic heterocycles. The molecule has 27 heavy (non-hydrogen) atoms. The fraction of sp³-hybridized carbons (Fsp3) is 0.208. The zero-order valence-electron chi connectivity index (χ0n) is 15.3. The van der Waals surface area contributed by atoms with Crippen LogP contribution in [0.4, 0.5) is 0 Å². The van der Waals surface area contributed by atoms with Crippen molar-refractivity contribution in [3.8, 4) is 6.07 Å². The van der Waals surface area contributed by atoms with Crippen molar-refractivity contribution in [2.45, 2.75) is 25.6 Å². The summed E-state index contributed by atoms with van der Waals surface area (Å²) in [5.74, 6) is 0. The van der Waals surface area contributed by atoms with Gasteiger partial charge >= 0.3 is 0 Å². The van der Waals surface area contributed by atoms with Gasteiger partial charge in [-0.2, -0.15) is 5.26 Å². The van der Waals surface area contributed by atoms with Gasteiger partial charge in [-0.25, -0.2) is 0 Å². The van der Waals surface area contributed by atoms with Crippen molar-refractivity contribution in [1.82, 2.24) is 4.90 Å². The molecule has 0 aliphatic carbocycles. The van der Waals surface area contributed by atoms with Gasteiger partial charge in [0.1, 0.15) is 0 Å². The van der Waals surface area contributed by atoms with E-state index in [0.29, 0.717) is 12.0 Å². The van der Waals surface area contributed by atoms with Gasteiger partial charge in [-0.3, -0.25) is 4.90 Å². The molecule has 3 rings (SSSR count). The Labute approximate surface area is 161 Å². The molecule has 0 unspecified atom stereocenters. The molecule has 3 heteroatoms. The molecule has 1 atom stereocenters. The third-order valence-electron chi connectivity index (χ3n) is 4.71. The fourth-order valence-corrected chi connectivity index (χ4v) is 3.30. The van der Waals surface area contributed by atoms with E-state index in [1.54, 1.807) is 0 Å². The molecule has 0 fully saturated rings. The van der Waals surface area contributed by atoms with E-state index < -0.39 is 0 Å². The standard InChI is InChI=1S/C24H24N2O/c25-16-23-13-7-12-22(14-23)15-24(19-27)26(17-20-8-3-1-4-9-20)18-21-10-5-2-6-11-21/h1-14,24,27H,15,17-19H2/t24-/m0/s1. The van der Waals surface area contributed by atoms with E-state index in [1.165, 1.54) is 11.1 Å². The van der Waals surface area contributed by atoms with Crippen LogP contribution in [0.1, 0.15) is 22.3 Å². The zero-order valence-corrected chi connectivity index (χ0v) is 15.3. The summed E-state index contributed by atoms with van der Waals surface area (Å²) >= 11 is 0. The van der Waals surface area contributed by atoms with Crippen molar-refractivity contribution in [1.29, 1.82) is 5.26 Å². The molecule has 0 amide bonds. The Morgan fingerprint density at radius 2 is 1.33 bits per heavy atom. The summed E-state index contributed by atoms with van der Waals surface area (Å²) in [5, 5.41) is 19.3. The Balaban J connectivity index is 1.82. The van der Waals surface area contributed by atoms with Gasteiger partial charge in [0.05, 0.1) is 18.2 Å². The van der Waals surface area contributed by atoms with E-state index in [1.807, 2.05) is 60.7 Å². The maximum atomic E-state index is 10.1. The molecule has 136 valence electrons. The first-order valence-electron chi connectivity index (χ1n) is 9.20. The Bertz CT molecular complexity index is 830. The van der Waals surface area contributed by atoms with Crippen molar-refractivity contribution < 1.29 is 5.11 Å². The van der Waals surface area contributed by atoms with Gasteiger partial charge in [-0.1, -0.05) is 72.8 Å². The lowest BCUT2D eigenvalue weighted by molar-refractivity contribution is 0.109. The number of hydrogen-bond donors (Lipinski definition) is 1. The minimum atomic E-state index is -0.0284. The van der Waals surface area contributed by atoms with E-state index in [0.717, 1.165) is 18.7 Å². The van der Waals surface area contributed by atoms with Gasteiger partial charge < -0.3 is 5.11 Å². The van der Waals surface area contributed by atoms with Crippen LogP contribution in [-0.4, -0.2) is 22.7 Å². The monoisotopic (exact) mass is 356 g/mol. The lowest BCUT2D eigenvalue weighted by atomic mass is 10.0. The maximum absolute atomic E-state index is 10.1. The second-order valence-electron chi connectivity index (χ2n) is 6.73. The van der Waals surface area contributed by atoms with Crippen LogP contribution >= 0.6 is 0 Å². The second-order valence-corrected chi connectivity index (χ2v) is 6.73. The Morgan fingerprint density at radius 3 is 1.85 bits per heavy atom. The third kappa shape index (κ3) is 5.52. The molecule has 1 N–H and O–H groups in total. The minimum absolute atomic E-state index is 0.0284. The Kier molecular flexibility index (Phi) is 6.76. The van der Waals surface area contributed by atoms with Crippen LogP contribution < -0.4 is 0 Å². The topological polar surface area (TPSA) is 47.3 Å². The van der Waals surface area contributed by atoms with Crippen molar-refractivity contribution in [2.75, 3.05) is 6.61 Å². The highest BCUT2D eigenvalue weighted by Gasteiger charge is 2.19. The number of hydrogen-bond acceptors (Lipinski definition) is 3. The molecule has 0 saturated heterocycles. The van der Waals surface area contributed by atoms with E-state index in [4.69, 9.17) is 5.26 Å². The number of nitrogens with zero attached hydrogens (tertiary/aromatic N) is 2. The van der Waals surface area contributed by atoms with E-state index in [9.17, 15) is 5.11 Å². The van der Waals surface area contributed by atoms with E-state index in [-0.39, 0.29) is 12.6 Å². The van der Waals surface area contributed by atoms with Crippen molar-refractivity contribution in [2.24, 2.45) is 0 Å². The summed E-state index contributed by atoms with van der Waals surface area (Å²) in [5.41, 5.74) is 4.16. The number of aliphatic hydroxyl groups is 1. The fourth-order valence-electron chi connectivity index (χ4n) is 3.30. The van der Waals surface area contributed by atoms with Crippen LogP contribution in [0.25, 0.3) is 0 Å². The highest BCUT2D eigenvalue weighted by molar-refractivity contribution is 5.33. The highest BCUT2D eigenvalue weighted by atomic mass is 16.3. The first-order chi connectivity index (χ1) is 13.3. The molecule has 0 heterocycles. The molecule has 0 aliphatic rings. The van der Waals surface area contributed by atoms with Crippen LogP contribution in [0, 0.1) is 11.3 Å². The number of aliphatic hydroxyl groups excluding tert-OH is 1. The summed E-state index contributed by atoms with van der Waals surface area (Å²) in [6.07, 6.45) is 0.700. The summed E-state index contributed by atoms with van der Waals surface area (Å²) < 4.78 is 0. The maximum Gasteiger partial charge on any atom is 0.0991 e. The van der Waals surface area contributed by atoms with Gasteiger partial charge in [0.25, 0.3) is 0 Å². The molecule has 0 aromatic heterocycles. The third-order valence-corrected chi connectivity index (χ3v) is 4.71. The highest BCUT2D eigenvalue weighted by Crippen LogP contribution is 2.17. The van der Waals surface area contributed by atoms with Crippen LogP contribution in [0.15, 0.2) is 84.9 Å². The van der Waals surface area contributed by atoms with Gasteiger partial charge in [-0.15, -0.1) is 0 Å². The summed E-state index contributed by atoms with van der Waals surface area (Å²) in [4.78, 5) is 2.31.